The summed E-state index contributed by atoms with van der Waals surface area (Å²) in [6.07, 6.45) is 0. The molecule has 2 heteroatoms. The van der Waals surface area contributed by atoms with Gasteiger partial charge in [0.2, 0.25) is 0 Å². The highest BCUT2D eigenvalue weighted by atomic mass is 16.3. The van der Waals surface area contributed by atoms with Crippen molar-refractivity contribution in [3.05, 3.63) is 176 Å². The van der Waals surface area contributed by atoms with Crippen LogP contribution in [-0.4, -0.2) is 0 Å². The number of rotatable bonds is 4. The standard InChI is InChI=1S/C46H29NO/c1-2-10-30(11-3-1)37-14-8-9-17-43(37)47(36-25-27-44-42(29-36)40-26-23-32-13-5-7-16-39(32)46(40)48-44)35-24-22-33-19-21-34-20-18-31-12-4-6-15-38(31)45(34)41(33)28-35/h1-29H. The van der Waals surface area contributed by atoms with Crippen molar-refractivity contribution in [1.29, 1.82) is 0 Å². The lowest BCUT2D eigenvalue weighted by atomic mass is 9.95. The lowest BCUT2D eigenvalue weighted by molar-refractivity contribution is 0.672. The van der Waals surface area contributed by atoms with Crippen LogP contribution in [0.1, 0.15) is 0 Å². The van der Waals surface area contributed by atoms with Crippen molar-refractivity contribution in [1.82, 2.24) is 0 Å². The molecule has 0 aliphatic heterocycles. The van der Waals surface area contributed by atoms with Gasteiger partial charge in [-0.1, -0.05) is 133 Å². The summed E-state index contributed by atoms with van der Waals surface area (Å²) in [5.74, 6) is 0. The van der Waals surface area contributed by atoms with E-state index in [9.17, 15) is 0 Å². The topological polar surface area (TPSA) is 16.4 Å². The molecule has 0 bridgehead atoms. The average Bonchev–Trinajstić information content (AvgIpc) is 3.54. The molecule has 0 N–H and O–H groups in total. The monoisotopic (exact) mass is 611 g/mol. The maximum atomic E-state index is 6.53. The summed E-state index contributed by atoms with van der Waals surface area (Å²) in [7, 11) is 0. The van der Waals surface area contributed by atoms with Crippen LogP contribution in [0.15, 0.2) is 180 Å². The van der Waals surface area contributed by atoms with Gasteiger partial charge in [-0.3, -0.25) is 0 Å². The van der Waals surface area contributed by atoms with Gasteiger partial charge in [-0.05, 0) is 85.7 Å². The van der Waals surface area contributed by atoms with Gasteiger partial charge >= 0.3 is 0 Å². The maximum Gasteiger partial charge on any atom is 0.143 e. The number of para-hydroxylation sites is 1. The number of hydrogen-bond acceptors (Lipinski definition) is 2. The van der Waals surface area contributed by atoms with Crippen LogP contribution in [-0.2, 0) is 0 Å². The highest BCUT2D eigenvalue weighted by Gasteiger charge is 2.20. The molecule has 0 amide bonds. The molecule has 1 aromatic heterocycles. The minimum atomic E-state index is 0.886. The third kappa shape index (κ3) is 4.13. The van der Waals surface area contributed by atoms with E-state index in [1.54, 1.807) is 0 Å². The number of anilines is 3. The van der Waals surface area contributed by atoms with Gasteiger partial charge in [0.15, 0.2) is 0 Å². The van der Waals surface area contributed by atoms with E-state index in [2.05, 4.69) is 181 Å². The van der Waals surface area contributed by atoms with Crippen molar-refractivity contribution in [2.45, 2.75) is 0 Å². The van der Waals surface area contributed by atoms with Gasteiger partial charge in [-0.15, -0.1) is 0 Å². The Morgan fingerprint density at radius 2 is 0.958 bits per heavy atom. The Balaban J connectivity index is 1.27. The van der Waals surface area contributed by atoms with Crippen molar-refractivity contribution < 1.29 is 4.42 Å². The summed E-state index contributed by atoms with van der Waals surface area (Å²) in [6.45, 7) is 0. The third-order valence-corrected chi connectivity index (χ3v) is 9.80. The van der Waals surface area contributed by atoms with Gasteiger partial charge in [-0.25, -0.2) is 0 Å². The number of hydrogen-bond donors (Lipinski definition) is 0. The van der Waals surface area contributed by atoms with Gasteiger partial charge in [0, 0.05) is 33.1 Å². The Bertz CT molecular complexity index is 2840. The highest BCUT2D eigenvalue weighted by Crippen LogP contribution is 2.45. The van der Waals surface area contributed by atoms with Gasteiger partial charge in [0.1, 0.15) is 11.2 Å². The molecule has 1 heterocycles. The van der Waals surface area contributed by atoms with Crippen molar-refractivity contribution in [3.63, 3.8) is 0 Å². The molecule has 0 spiro atoms. The van der Waals surface area contributed by atoms with E-state index >= 15 is 0 Å². The second-order valence-corrected chi connectivity index (χ2v) is 12.5. The van der Waals surface area contributed by atoms with Crippen LogP contribution in [0.5, 0.6) is 0 Å². The van der Waals surface area contributed by atoms with Gasteiger partial charge in [0.05, 0.1) is 5.69 Å². The fourth-order valence-corrected chi connectivity index (χ4v) is 7.54. The van der Waals surface area contributed by atoms with E-state index in [1.165, 1.54) is 48.8 Å². The van der Waals surface area contributed by atoms with Crippen LogP contribution in [0.2, 0.25) is 0 Å². The Labute approximate surface area is 277 Å². The first-order valence-corrected chi connectivity index (χ1v) is 16.4. The van der Waals surface area contributed by atoms with Crippen molar-refractivity contribution >= 4 is 82.1 Å². The van der Waals surface area contributed by atoms with Gasteiger partial charge in [-0.2, -0.15) is 0 Å². The van der Waals surface area contributed by atoms with Crippen molar-refractivity contribution in [2.24, 2.45) is 0 Å². The lowest BCUT2D eigenvalue weighted by Crippen LogP contribution is -2.11. The molecule has 0 aliphatic carbocycles. The molecule has 0 unspecified atom stereocenters. The minimum absolute atomic E-state index is 0.886. The summed E-state index contributed by atoms with van der Waals surface area (Å²) in [6, 6.07) is 63.4. The summed E-state index contributed by atoms with van der Waals surface area (Å²) in [5.41, 5.74) is 7.46. The molecule has 10 rings (SSSR count). The fraction of sp³-hybridized carbons (Fsp3) is 0. The van der Waals surface area contributed by atoms with Crippen LogP contribution in [0.25, 0.3) is 76.2 Å². The molecule has 9 aromatic carbocycles. The molecule has 48 heavy (non-hydrogen) atoms. The normalized spacial score (nSPS) is 11.8. The molecule has 0 aliphatic rings. The molecule has 0 saturated carbocycles. The van der Waals surface area contributed by atoms with Crippen molar-refractivity contribution in [2.75, 3.05) is 4.90 Å². The van der Waals surface area contributed by atoms with E-state index in [-0.39, 0.29) is 0 Å². The first-order chi connectivity index (χ1) is 23.8. The van der Waals surface area contributed by atoms with Crippen LogP contribution in [0.4, 0.5) is 17.1 Å². The smallest absolute Gasteiger partial charge is 0.143 e. The molecule has 0 atom stereocenters. The second-order valence-electron chi connectivity index (χ2n) is 12.5. The van der Waals surface area contributed by atoms with E-state index in [4.69, 9.17) is 4.42 Å². The summed E-state index contributed by atoms with van der Waals surface area (Å²) in [5, 5.41) is 12.1. The Kier molecular flexibility index (Phi) is 5.91. The van der Waals surface area contributed by atoms with E-state index < -0.39 is 0 Å². The third-order valence-electron chi connectivity index (χ3n) is 9.80. The Morgan fingerprint density at radius 3 is 1.79 bits per heavy atom. The molecular weight excluding hydrogens is 583 g/mol. The first-order valence-electron chi connectivity index (χ1n) is 16.4. The summed E-state index contributed by atoms with van der Waals surface area (Å²) in [4.78, 5) is 2.41. The molecule has 2 nitrogen and oxygen atoms in total. The second kappa shape index (κ2) is 10.6. The number of furan rings is 1. The van der Waals surface area contributed by atoms with Crippen LogP contribution < -0.4 is 4.90 Å². The quantitative estimate of drug-likeness (QED) is 0.184. The molecular formula is C46H29NO. The maximum absolute atomic E-state index is 6.53. The number of nitrogens with zero attached hydrogens (tertiary/aromatic N) is 1. The Hall–Kier alpha value is -6.38. The molecule has 0 saturated heterocycles. The zero-order chi connectivity index (χ0) is 31.6. The Morgan fingerprint density at radius 1 is 0.375 bits per heavy atom. The predicted octanol–water partition coefficient (Wildman–Crippen LogP) is 13.3. The lowest BCUT2D eigenvalue weighted by Gasteiger charge is -2.28. The van der Waals surface area contributed by atoms with Crippen molar-refractivity contribution in [3.8, 4) is 11.1 Å². The van der Waals surface area contributed by atoms with Crippen LogP contribution in [0, 0.1) is 0 Å². The van der Waals surface area contributed by atoms with Crippen LogP contribution >= 0.6 is 0 Å². The van der Waals surface area contributed by atoms with E-state index in [0.717, 1.165) is 44.4 Å². The average molecular weight is 612 g/mol. The molecule has 10 aromatic rings. The first kappa shape index (κ1) is 26.8. The minimum Gasteiger partial charge on any atom is -0.455 e. The summed E-state index contributed by atoms with van der Waals surface area (Å²) < 4.78 is 6.53. The summed E-state index contributed by atoms with van der Waals surface area (Å²) >= 11 is 0. The largest absolute Gasteiger partial charge is 0.455 e. The zero-order valence-corrected chi connectivity index (χ0v) is 26.1. The number of benzene rings is 9. The predicted molar refractivity (Wildman–Crippen MR) is 204 cm³/mol. The van der Waals surface area contributed by atoms with Gasteiger partial charge in [0.25, 0.3) is 0 Å². The molecule has 0 radical (unpaired) electrons. The molecule has 224 valence electrons. The molecule has 0 fully saturated rings. The van der Waals surface area contributed by atoms with Crippen LogP contribution in [0.3, 0.4) is 0 Å². The highest BCUT2D eigenvalue weighted by molar-refractivity contribution is 6.21. The SMILES string of the molecule is c1ccc(-c2ccccc2N(c2ccc3oc4c5ccccc5ccc4c3c2)c2ccc3ccc4ccc5ccccc5c4c3c2)cc1. The van der Waals surface area contributed by atoms with E-state index in [1.807, 2.05) is 0 Å². The van der Waals surface area contributed by atoms with Gasteiger partial charge < -0.3 is 9.32 Å². The van der Waals surface area contributed by atoms with E-state index in [0.29, 0.717) is 0 Å². The number of fused-ring (bicyclic) bond motifs is 10. The zero-order valence-electron chi connectivity index (χ0n) is 26.1. The fourth-order valence-electron chi connectivity index (χ4n) is 7.54.